The van der Waals surface area contributed by atoms with Crippen LogP contribution in [0.2, 0.25) is 0 Å². The van der Waals surface area contributed by atoms with Gasteiger partial charge in [0.05, 0.1) is 58.0 Å². The van der Waals surface area contributed by atoms with Gasteiger partial charge in [-0.15, -0.1) is 0 Å². The Morgan fingerprint density at radius 2 is 0.602 bits per heavy atom. The third kappa shape index (κ3) is 45.2. The monoisotopic (exact) mass is 1840 g/mol. The molecule has 8 amide bonds. The fourth-order valence-electron chi connectivity index (χ4n) is 13.9. The lowest BCUT2D eigenvalue weighted by molar-refractivity contribution is -0.287. The summed E-state index contributed by atoms with van der Waals surface area (Å²) < 4.78 is 103. The van der Waals surface area contributed by atoms with E-state index in [2.05, 4.69) is 47.9 Å². The molecule has 0 saturated carbocycles. The molecule has 0 aromatic carbocycles. The zero-order valence-electron chi connectivity index (χ0n) is 76.9. The van der Waals surface area contributed by atoms with Gasteiger partial charge in [-0.3, -0.25) is 86.8 Å². The fraction of sp³-hybridized carbons (Fsp3) is 0.795. The Kier molecular flexibility index (Phi) is 51.9. The highest BCUT2D eigenvalue weighted by molar-refractivity contribution is 5.80. The number of rotatable bonds is 58. The molecule has 45 heteroatoms. The highest BCUT2D eigenvalue weighted by Gasteiger charge is 2.55. The number of hydrogen-bond acceptors (Lipinski definition) is 37. The Balaban J connectivity index is 1.57. The molecule has 0 bridgehead atoms. The Hall–Kier alpha value is -9.45. The van der Waals surface area contributed by atoms with Gasteiger partial charge >= 0.3 is 53.7 Å². The van der Waals surface area contributed by atoms with Crippen LogP contribution in [0.5, 0.6) is 0 Å². The largest absolute Gasteiger partial charge is 0.463 e. The van der Waals surface area contributed by atoms with Gasteiger partial charge in [-0.25, -0.2) is 0 Å². The van der Waals surface area contributed by atoms with Crippen molar-refractivity contribution in [2.75, 3.05) is 98.7 Å². The van der Waals surface area contributed by atoms with Crippen LogP contribution in [0.3, 0.4) is 0 Å². The second-order valence-electron chi connectivity index (χ2n) is 32.3. The topological polar surface area (TPSA) is 585 Å². The van der Waals surface area contributed by atoms with Crippen molar-refractivity contribution in [3.05, 3.63) is 0 Å². The number of nitrogens with one attached hydrogen (secondary N) is 9. The van der Waals surface area contributed by atoms with E-state index in [4.69, 9.17) is 85.3 Å². The Labute approximate surface area is 745 Å². The van der Waals surface area contributed by atoms with Crippen molar-refractivity contribution >= 4 is 101 Å². The lowest BCUT2D eigenvalue weighted by Gasteiger charge is -2.45. The van der Waals surface area contributed by atoms with E-state index < -0.39 is 231 Å². The molecule has 0 aromatic heterocycles. The van der Waals surface area contributed by atoms with Gasteiger partial charge in [0.2, 0.25) is 47.3 Å². The zero-order valence-corrected chi connectivity index (χ0v) is 76.9. The third-order valence-corrected chi connectivity index (χ3v) is 19.5. The van der Waals surface area contributed by atoms with Crippen molar-refractivity contribution in [3.8, 4) is 0 Å². The summed E-state index contributed by atoms with van der Waals surface area (Å²) in [5.74, 6) is -12.0. The van der Waals surface area contributed by atoms with Crippen LogP contribution >= 0.6 is 0 Å². The van der Waals surface area contributed by atoms with Crippen molar-refractivity contribution in [3.63, 3.8) is 0 Å². The first-order valence-electron chi connectivity index (χ1n) is 42.9. The van der Waals surface area contributed by atoms with E-state index in [0.29, 0.717) is 19.3 Å². The highest BCUT2D eigenvalue weighted by atomic mass is 16.7. The van der Waals surface area contributed by atoms with Gasteiger partial charge in [0.1, 0.15) is 62.5 Å². The van der Waals surface area contributed by atoms with E-state index in [-0.39, 0.29) is 147 Å². The Bertz CT molecular complexity index is 3450. The molecule has 3 saturated heterocycles. The lowest BCUT2D eigenvalue weighted by atomic mass is 9.94. The summed E-state index contributed by atoms with van der Waals surface area (Å²) in [4.78, 5) is 212. The molecular formula is C83H137N9O36. The summed E-state index contributed by atoms with van der Waals surface area (Å²) in [6.45, 7) is 25.6. The smallest absolute Gasteiger partial charge is 0.303 e. The van der Waals surface area contributed by atoms with E-state index >= 15 is 0 Å². The van der Waals surface area contributed by atoms with Crippen LogP contribution in [0.4, 0.5) is 0 Å². The van der Waals surface area contributed by atoms with Gasteiger partial charge in [0.25, 0.3) is 0 Å². The van der Waals surface area contributed by atoms with E-state index in [1.54, 1.807) is 41.5 Å². The molecule has 0 aliphatic carbocycles. The standard InChI is InChI=1S/C83H137N9O36/c1-44(35-47(4)117-80-68(90-50(7)93)74(123-59(16)102)71(120-56(13)99)62(126-80)38-114-53(10)96)77(108)87-29-20-26-84-65(105)23-32-111-41-83(19,42-112-33-24-66(106)85-27-21-30-88-78(109)45(2)36-48(5)118-81-69(91-51(8)94)75(124-60(17)103)72(121-57(14)100)63(127-81)39-115-54(11)97)43-113-34-25-67(107)86-28-22-31-89-79(110)46(3)37-49(6)119-82-70(92-52(9)95)76(125-61(18)104)73(122-58(15)101)64(128-82)40-116-55(12)98/h44-49,62-65,68-76,80-82,84,105H,20-43H2,1-19H3,(H,85,106)(H,86,107)(H,87,108)(H,88,109)(H,89,110)(H,90,93)(H,91,94)(H,92,95). The molecule has 10 N–H and O–H groups in total. The summed E-state index contributed by atoms with van der Waals surface area (Å²) in [5, 5.41) is 35.9. The van der Waals surface area contributed by atoms with Gasteiger partial charge in [-0.2, -0.15) is 0 Å². The lowest BCUT2D eigenvalue weighted by Crippen LogP contribution is -2.67. The van der Waals surface area contributed by atoms with Gasteiger partial charge in [0, 0.05) is 158 Å². The predicted molar refractivity (Wildman–Crippen MR) is 442 cm³/mol. The predicted octanol–water partition coefficient (Wildman–Crippen LogP) is -0.866. The molecule has 3 heterocycles. The highest BCUT2D eigenvalue weighted by Crippen LogP contribution is 2.34. The summed E-state index contributed by atoms with van der Waals surface area (Å²) >= 11 is 0. The second kappa shape index (κ2) is 59.0. The number of amides is 8. The number of esters is 9. The number of carbonyl (C=O) groups is 17. The first-order valence-corrected chi connectivity index (χ1v) is 42.9. The average Bonchev–Trinajstić information content (AvgIpc) is 0.793. The normalized spacial score (nSPS) is 24.0. The van der Waals surface area contributed by atoms with Crippen LogP contribution in [0.25, 0.3) is 0 Å². The summed E-state index contributed by atoms with van der Waals surface area (Å²) in [7, 11) is 0. The van der Waals surface area contributed by atoms with Gasteiger partial charge in [-0.1, -0.05) is 27.7 Å². The SMILES string of the molecule is CC(=O)NC1C(OC(C)CC(C)C(=O)NCCCNC(=O)CCOCC(C)(COCCC(=O)NCCCNC(=O)C(C)CC(C)OC2OC(COC(C)=O)C(OC(C)=O)C(OC(C)=O)C2NC(C)=O)COCCC(O)NCCCNC(=O)C(C)CC(C)OC2OC(COC(C)=O)C(OC(C)=O)C(OC(C)=O)C2NC(C)=O)OC(COC(C)=O)C(OC(C)=O)C1OC(C)=O. The van der Waals surface area contributed by atoms with Crippen molar-refractivity contribution in [2.45, 2.75) is 306 Å². The molecule has 3 aliphatic rings. The molecule has 0 spiro atoms. The van der Waals surface area contributed by atoms with Gasteiger partial charge in [-0.05, 0) is 65.8 Å². The molecule has 730 valence electrons. The maximum atomic E-state index is 13.3. The molecule has 128 heavy (non-hydrogen) atoms. The molecule has 0 aromatic rings. The van der Waals surface area contributed by atoms with Crippen LogP contribution in [0.1, 0.15) is 189 Å². The molecule has 45 nitrogen and oxygen atoms in total. The van der Waals surface area contributed by atoms with E-state index in [9.17, 15) is 86.6 Å². The minimum absolute atomic E-state index is 0.0228. The summed E-state index contributed by atoms with van der Waals surface area (Å²) in [5.41, 5.74) is -0.862. The number of aliphatic hydroxyl groups excluding tert-OH is 1. The van der Waals surface area contributed by atoms with Crippen molar-refractivity contribution in [1.82, 2.24) is 47.9 Å². The van der Waals surface area contributed by atoms with Gasteiger partial charge in [0.15, 0.2) is 55.5 Å². The Morgan fingerprint density at radius 3 is 0.867 bits per heavy atom. The number of ether oxygens (including phenoxy) is 18. The van der Waals surface area contributed by atoms with Gasteiger partial charge < -0.3 is 133 Å². The zero-order chi connectivity index (χ0) is 96.1. The summed E-state index contributed by atoms with van der Waals surface area (Å²) in [6, 6.07) is -3.63. The number of hydrogen-bond donors (Lipinski definition) is 10. The first kappa shape index (κ1) is 113. The van der Waals surface area contributed by atoms with Crippen LogP contribution < -0.4 is 47.9 Å². The molecule has 3 fully saturated rings. The van der Waals surface area contributed by atoms with Crippen LogP contribution in [-0.2, 0) is 167 Å². The van der Waals surface area contributed by atoms with Crippen molar-refractivity contribution in [1.29, 1.82) is 0 Å². The van der Waals surface area contributed by atoms with E-state index in [1.807, 2.05) is 6.92 Å². The number of aliphatic hydroxyl groups is 1. The van der Waals surface area contributed by atoms with Crippen molar-refractivity contribution in [2.24, 2.45) is 23.2 Å². The average molecular weight is 1840 g/mol. The Morgan fingerprint density at radius 1 is 0.344 bits per heavy atom. The molecule has 3 rings (SSSR count). The number of carbonyl (C=O) groups excluding carboxylic acids is 17. The molecule has 22 unspecified atom stereocenters. The van der Waals surface area contributed by atoms with Crippen LogP contribution in [0, 0.1) is 23.2 Å². The minimum atomic E-state index is -1.34. The van der Waals surface area contributed by atoms with E-state index in [0.717, 1.165) is 62.3 Å². The first-order chi connectivity index (χ1) is 60.2. The fourth-order valence-corrected chi connectivity index (χ4v) is 13.9. The third-order valence-electron chi connectivity index (χ3n) is 19.5. The van der Waals surface area contributed by atoms with E-state index in [1.165, 1.54) is 20.8 Å². The molecule has 3 aliphatic heterocycles. The van der Waals surface area contributed by atoms with Crippen LogP contribution in [0.15, 0.2) is 0 Å². The van der Waals surface area contributed by atoms with Crippen LogP contribution in [-0.4, -0.2) is 321 Å². The van der Waals surface area contributed by atoms with Crippen molar-refractivity contribution < 1.29 is 172 Å². The minimum Gasteiger partial charge on any atom is -0.463 e. The quantitative estimate of drug-likeness (QED) is 0.0153. The maximum absolute atomic E-state index is 13.3. The molecular weight excluding hydrogens is 1700 g/mol. The summed E-state index contributed by atoms with van der Waals surface area (Å²) in [6.07, 6.45) is -17.3. The second-order valence-corrected chi connectivity index (χ2v) is 32.3. The maximum Gasteiger partial charge on any atom is 0.303 e. The molecule has 22 atom stereocenters. The molecule has 0 radical (unpaired) electrons.